The van der Waals surface area contributed by atoms with Gasteiger partial charge in [-0.05, 0) is 51.8 Å². The van der Waals surface area contributed by atoms with Crippen LogP contribution in [0.25, 0.3) is 6.08 Å². The van der Waals surface area contributed by atoms with Crippen molar-refractivity contribution in [3.05, 3.63) is 57.8 Å². The Morgan fingerprint density at radius 3 is 2.52 bits per heavy atom. The number of hydrogen-bond donors (Lipinski definition) is 2. The Labute approximate surface area is 162 Å². The number of hydrogen-bond acceptors (Lipinski definition) is 6. The predicted octanol–water partition coefficient (Wildman–Crippen LogP) is 2.18. The molecule has 0 bridgehead atoms. The quantitative estimate of drug-likeness (QED) is 0.554. The van der Waals surface area contributed by atoms with Gasteiger partial charge in [0, 0.05) is 6.20 Å². The predicted molar refractivity (Wildman–Crippen MR) is 98.9 cm³/mol. The molecule has 0 unspecified atom stereocenters. The number of carbonyl (C=O) groups excluding carboxylic acids is 3. The molecule has 27 heavy (non-hydrogen) atoms. The summed E-state index contributed by atoms with van der Waals surface area (Å²) in [5.74, 6) is -0.679. The summed E-state index contributed by atoms with van der Waals surface area (Å²) < 4.78 is 11.7. The standard InChI is InChI=1S/C18H14BrN3O5/c1-26-14-8-10(6-12-16(23)21-18(25)22-17(12)24)7-13(19)15(14)27-9-11-4-2-3-5-20-11/h2-8H,9H2,1H3,(H2,21,22,23,24,25). The Morgan fingerprint density at radius 1 is 1.15 bits per heavy atom. The molecule has 2 N–H and O–H groups in total. The van der Waals surface area contributed by atoms with Crippen LogP contribution in [0, 0.1) is 0 Å². The van der Waals surface area contributed by atoms with Crippen LogP contribution in [0.2, 0.25) is 0 Å². The van der Waals surface area contributed by atoms with Crippen molar-refractivity contribution >= 4 is 39.9 Å². The SMILES string of the molecule is COc1cc(C=C2C(=O)NC(=O)NC2=O)cc(Br)c1OCc1ccccn1. The molecule has 3 rings (SSSR count). The second kappa shape index (κ2) is 8.00. The first-order valence-electron chi connectivity index (χ1n) is 7.76. The molecule has 0 atom stereocenters. The number of aromatic nitrogens is 1. The molecule has 1 aliphatic heterocycles. The van der Waals surface area contributed by atoms with Gasteiger partial charge in [-0.2, -0.15) is 0 Å². The zero-order chi connectivity index (χ0) is 19.4. The molecule has 9 heteroatoms. The molecule has 2 heterocycles. The lowest BCUT2D eigenvalue weighted by Crippen LogP contribution is -2.51. The molecule has 0 saturated carbocycles. The van der Waals surface area contributed by atoms with E-state index in [9.17, 15) is 14.4 Å². The molecule has 1 aliphatic rings. The lowest BCUT2D eigenvalue weighted by atomic mass is 10.1. The fourth-order valence-corrected chi connectivity index (χ4v) is 2.94. The highest BCUT2D eigenvalue weighted by molar-refractivity contribution is 9.10. The van der Waals surface area contributed by atoms with Crippen molar-refractivity contribution in [2.24, 2.45) is 0 Å². The van der Waals surface area contributed by atoms with Crippen LogP contribution in [-0.4, -0.2) is 29.9 Å². The van der Waals surface area contributed by atoms with Gasteiger partial charge in [0.2, 0.25) is 0 Å². The summed E-state index contributed by atoms with van der Waals surface area (Å²) >= 11 is 3.41. The van der Waals surface area contributed by atoms with Crippen molar-refractivity contribution in [3.63, 3.8) is 0 Å². The molecule has 1 fully saturated rings. The largest absolute Gasteiger partial charge is 0.493 e. The third kappa shape index (κ3) is 4.32. The molecular weight excluding hydrogens is 418 g/mol. The molecule has 4 amide bonds. The summed E-state index contributed by atoms with van der Waals surface area (Å²) in [4.78, 5) is 39.0. The first-order chi connectivity index (χ1) is 13.0. The second-order valence-electron chi connectivity index (χ2n) is 5.44. The number of nitrogens with one attached hydrogen (secondary N) is 2. The first-order valence-corrected chi connectivity index (χ1v) is 8.56. The average molecular weight is 432 g/mol. The van der Waals surface area contributed by atoms with Crippen LogP contribution >= 0.6 is 15.9 Å². The number of imide groups is 2. The molecule has 0 radical (unpaired) electrons. The number of methoxy groups -OCH3 is 1. The van der Waals surface area contributed by atoms with E-state index in [0.717, 1.165) is 5.69 Å². The minimum atomic E-state index is -0.848. The molecular formula is C18H14BrN3O5. The van der Waals surface area contributed by atoms with Crippen molar-refractivity contribution in [2.75, 3.05) is 7.11 Å². The topological polar surface area (TPSA) is 107 Å². The fraction of sp³-hybridized carbons (Fsp3) is 0.111. The monoisotopic (exact) mass is 431 g/mol. The number of ether oxygens (including phenoxy) is 2. The summed E-state index contributed by atoms with van der Waals surface area (Å²) in [7, 11) is 1.48. The molecule has 1 aromatic heterocycles. The van der Waals surface area contributed by atoms with Crippen LogP contribution in [0.4, 0.5) is 4.79 Å². The highest BCUT2D eigenvalue weighted by Crippen LogP contribution is 2.37. The molecule has 1 saturated heterocycles. The van der Waals surface area contributed by atoms with E-state index in [-0.39, 0.29) is 12.2 Å². The third-order valence-electron chi connectivity index (χ3n) is 3.60. The third-order valence-corrected chi connectivity index (χ3v) is 4.19. The number of benzene rings is 1. The number of urea groups is 1. The Hall–Kier alpha value is -3.20. The number of barbiturate groups is 1. The maximum atomic E-state index is 11.8. The lowest BCUT2D eigenvalue weighted by Gasteiger charge is -2.15. The van der Waals surface area contributed by atoms with Gasteiger partial charge in [0.15, 0.2) is 11.5 Å². The summed E-state index contributed by atoms with van der Waals surface area (Å²) in [6.45, 7) is 0.239. The summed E-state index contributed by atoms with van der Waals surface area (Å²) in [6.07, 6.45) is 3.03. The van der Waals surface area contributed by atoms with E-state index in [1.807, 2.05) is 28.8 Å². The zero-order valence-electron chi connectivity index (χ0n) is 14.1. The highest BCUT2D eigenvalue weighted by atomic mass is 79.9. The number of pyridine rings is 1. The van der Waals surface area contributed by atoms with E-state index in [2.05, 4.69) is 20.9 Å². The van der Waals surface area contributed by atoms with Gasteiger partial charge < -0.3 is 9.47 Å². The van der Waals surface area contributed by atoms with E-state index < -0.39 is 17.8 Å². The van der Waals surface area contributed by atoms with Gasteiger partial charge >= 0.3 is 6.03 Å². The maximum absolute atomic E-state index is 11.8. The van der Waals surface area contributed by atoms with Crippen LogP contribution in [0.5, 0.6) is 11.5 Å². The van der Waals surface area contributed by atoms with Gasteiger partial charge in [0.1, 0.15) is 12.2 Å². The van der Waals surface area contributed by atoms with Gasteiger partial charge in [-0.25, -0.2) is 4.79 Å². The molecule has 138 valence electrons. The summed E-state index contributed by atoms with van der Waals surface area (Å²) in [5, 5.41) is 4.04. The number of amides is 4. The van der Waals surface area contributed by atoms with Crippen molar-refractivity contribution in [1.82, 2.24) is 15.6 Å². The average Bonchev–Trinajstić information content (AvgIpc) is 2.64. The Bertz CT molecular complexity index is 922. The first kappa shape index (κ1) is 18.6. The van der Waals surface area contributed by atoms with Crippen molar-refractivity contribution in [1.29, 1.82) is 0 Å². The van der Waals surface area contributed by atoms with Crippen molar-refractivity contribution < 1.29 is 23.9 Å². The van der Waals surface area contributed by atoms with E-state index >= 15 is 0 Å². The van der Waals surface area contributed by atoms with Crippen LogP contribution in [0.15, 0.2) is 46.6 Å². The normalized spacial score (nSPS) is 13.7. The van der Waals surface area contributed by atoms with Gasteiger partial charge in [0.05, 0.1) is 17.3 Å². The van der Waals surface area contributed by atoms with Gasteiger partial charge in [-0.15, -0.1) is 0 Å². The second-order valence-corrected chi connectivity index (χ2v) is 6.29. The van der Waals surface area contributed by atoms with Gasteiger partial charge in [0.25, 0.3) is 11.8 Å². The molecule has 8 nitrogen and oxygen atoms in total. The molecule has 0 aliphatic carbocycles. The Kier molecular flexibility index (Phi) is 5.51. The summed E-state index contributed by atoms with van der Waals surface area (Å²) in [6, 6.07) is 7.94. The van der Waals surface area contributed by atoms with Gasteiger partial charge in [-0.3, -0.25) is 25.2 Å². The van der Waals surface area contributed by atoms with Crippen molar-refractivity contribution in [3.8, 4) is 11.5 Å². The maximum Gasteiger partial charge on any atom is 0.328 e. The Morgan fingerprint density at radius 2 is 1.89 bits per heavy atom. The van der Waals surface area contributed by atoms with Crippen LogP contribution in [-0.2, 0) is 16.2 Å². The minimum absolute atomic E-state index is 0.189. The molecule has 1 aromatic carbocycles. The smallest absolute Gasteiger partial charge is 0.328 e. The lowest BCUT2D eigenvalue weighted by molar-refractivity contribution is -0.123. The minimum Gasteiger partial charge on any atom is -0.493 e. The van der Waals surface area contributed by atoms with Gasteiger partial charge in [-0.1, -0.05) is 6.07 Å². The molecule has 0 spiro atoms. The number of halogens is 1. The van der Waals surface area contributed by atoms with Crippen LogP contribution < -0.4 is 20.1 Å². The van der Waals surface area contributed by atoms with Crippen LogP contribution in [0.1, 0.15) is 11.3 Å². The van der Waals surface area contributed by atoms with E-state index in [1.165, 1.54) is 13.2 Å². The summed E-state index contributed by atoms with van der Waals surface area (Å²) in [5.41, 5.74) is 1.07. The van der Waals surface area contributed by atoms with Crippen molar-refractivity contribution in [2.45, 2.75) is 6.61 Å². The highest BCUT2D eigenvalue weighted by Gasteiger charge is 2.27. The van der Waals surface area contributed by atoms with Crippen LogP contribution in [0.3, 0.4) is 0 Å². The van der Waals surface area contributed by atoms with E-state index in [1.54, 1.807) is 18.3 Å². The molecule has 2 aromatic rings. The Balaban J connectivity index is 1.87. The number of rotatable bonds is 5. The van der Waals surface area contributed by atoms with E-state index in [4.69, 9.17) is 9.47 Å². The van der Waals surface area contributed by atoms with E-state index in [0.29, 0.717) is 21.5 Å². The number of carbonyl (C=O) groups is 3. The number of nitrogens with zero attached hydrogens (tertiary/aromatic N) is 1. The fourth-order valence-electron chi connectivity index (χ4n) is 2.37. The zero-order valence-corrected chi connectivity index (χ0v) is 15.7.